The third-order valence-corrected chi connectivity index (χ3v) is 2.34. The Bertz CT molecular complexity index is 381. The summed E-state index contributed by atoms with van der Waals surface area (Å²) in [6.45, 7) is 2.35. The number of aliphatic hydroxyl groups is 1. The highest BCUT2D eigenvalue weighted by Gasteiger charge is 2.11. The van der Waals surface area contributed by atoms with E-state index in [0.29, 0.717) is 31.1 Å². The summed E-state index contributed by atoms with van der Waals surface area (Å²) in [5.74, 6) is 0.185. The summed E-state index contributed by atoms with van der Waals surface area (Å²) in [5, 5.41) is 9.58. The number of para-hydroxylation sites is 2. The second-order valence-electron chi connectivity index (χ2n) is 3.84. The number of ether oxygens (including phenoxy) is 2. The first-order valence-electron chi connectivity index (χ1n) is 5.94. The first-order valence-corrected chi connectivity index (χ1v) is 5.94. The molecular formula is C13H19NO4. The summed E-state index contributed by atoms with van der Waals surface area (Å²) in [4.78, 5) is 11.1. The van der Waals surface area contributed by atoms with Crippen LogP contribution >= 0.6 is 0 Å². The number of hydrogen-bond donors (Lipinski definition) is 2. The van der Waals surface area contributed by atoms with Gasteiger partial charge in [-0.2, -0.15) is 0 Å². The first-order chi connectivity index (χ1) is 8.63. The van der Waals surface area contributed by atoms with Crippen molar-refractivity contribution in [1.29, 1.82) is 0 Å². The standard InChI is InChI=1S/C13H19NO4/c1-2-17-13(16)9-10(15)7-8-18-12-6-4-3-5-11(12)14/h3-6,10,15H,2,7-9,14H2,1H3. The van der Waals surface area contributed by atoms with Gasteiger partial charge in [-0.25, -0.2) is 0 Å². The van der Waals surface area contributed by atoms with Crippen LogP contribution in [0, 0.1) is 0 Å². The average Bonchev–Trinajstić information content (AvgIpc) is 2.31. The van der Waals surface area contributed by atoms with Crippen molar-refractivity contribution in [2.75, 3.05) is 18.9 Å². The van der Waals surface area contributed by atoms with Gasteiger partial charge in [0, 0.05) is 6.42 Å². The number of aliphatic hydroxyl groups excluding tert-OH is 1. The first kappa shape index (κ1) is 14.3. The summed E-state index contributed by atoms with van der Waals surface area (Å²) in [6.07, 6.45) is -0.414. The van der Waals surface area contributed by atoms with E-state index in [9.17, 15) is 9.90 Å². The van der Waals surface area contributed by atoms with Gasteiger partial charge < -0.3 is 20.3 Å². The summed E-state index contributed by atoms with van der Waals surface area (Å²) < 4.78 is 10.1. The zero-order valence-electron chi connectivity index (χ0n) is 10.5. The summed E-state index contributed by atoms with van der Waals surface area (Å²) in [6, 6.07) is 7.13. The van der Waals surface area contributed by atoms with Crippen molar-refractivity contribution in [3.05, 3.63) is 24.3 Å². The van der Waals surface area contributed by atoms with Crippen molar-refractivity contribution in [3.63, 3.8) is 0 Å². The molecule has 0 aliphatic rings. The number of nitrogen functional groups attached to an aromatic ring is 1. The van der Waals surface area contributed by atoms with E-state index in [-0.39, 0.29) is 6.42 Å². The minimum atomic E-state index is -0.756. The average molecular weight is 253 g/mol. The molecule has 0 bridgehead atoms. The molecule has 5 nitrogen and oxygen atoms in total. The third kappa shape index (κ3) is 5.05. The molecule has 100 valence electrons. The minimum Gasteiger partial charge on any atom is -0.491 e. The smallest absolute Gasteiger partial charge is 0.308 e. The van der Waals surface area contributed by atoms with Gasteiger partial charge in [0.25, 0.3) is 0 Å². The van der Waals surface area contributed by atoms with Crippen molar-refractivity contribution >= 4 is 11.7 Å². The zero-order valence-corrected chi connectivity index (χ0v) is 10.5. The number of hydrogen-bond acceptors (Lipinski definition) is 5. The van der Waals surface area contributed by atoms with Gasteiger partial charge in [0.2, 0.25) is 0 Å². The number of benzene rings is 1. The molecule has 0 radical (unpaired) electrons. The topological polar surface area (TPSA) is 81.8 Å². The Morgan fingerprint density at radius 1 is 1.44 bits per heavy atom. The second-order valence-corrected chi connectivity index (χ2v) is 3.84. The molecule has 0 aromatic heterocycles. The van der Waals surface area contributed by atoms with Gasteiger partial charge >= 0.3 is 5.97 Å². The van der Waals surface area contributed by atoms with E-state index in [4.69, 9.17) is 15.2 Å². The molecule has 0 saturated heterocycles. The van der Waals surface area contributed by atoms with Crippen LogP contribution in [0.5, 0.6) is 5.75 Å². The maximum Gasteiger partial charge on any atom is 0.308 e. The summed E-state index contributed by atoms with van der Waals surface area (Å²) in [7, 11) is 0. The molecule has 0 fully saturated rings. The Balaban J connectivity index is 2.25. The van der Waals surface area contributed by atoms with Crippen molar-refractivity contribution in [3.8, 4) is 5.75 Å². The summed E-state index contributed by atoms with van der Waals surface area (Å²) >= 11 is 0. The highest BCUT2D eigenvalue weighted by atomic mass is 16.5. The molecule has 0 aliphatic heterocycles. The van der Waals surface area contributed by atoms with Crippen LogP contribution in [0.15, 0.2) is 24.3 Å². The predicted octanol–water partition coefficient (Wildman–Crippen LogP) is 1.35. The van der Waals surface area contributed by atoms with Crippen LogP contribution in [-0.4, -0.2) is 30.4 Å². The predicted molar refractivity (Wildman–Crippen MR) is 68.2 cm³/mol. The Labute approximate surface area is 107 Å². The van der Waals surface area contributed by atoms with E-state index in [1.807, 2.05) is 12.1 Å². The Morgan fingerprint density at radius 3 is 2.83 bits per heavy atom. The molecule has 3 N–H and O–H groups in total. The number of nitrogens with two attached hydrogens (primary N) is 1. The van der Waals surface area contributed by atoms with Crippen LogP contribution in [-0.2, 0) is 9.53 Å². The fourth-order valence-electron chi connectivity index (χ4n) is 1.43. The summed E-state index contributed by atoms with van der Waals surface area (Å²) in [5.41, 5.74) is 6.25. The molecule has 0 amide bonds. The van der Waals surface area contributed by atoms with Gasteiger partial charge in [-0.05, 0) is 19.1 Å². The number of anilines is 1. The van der Waals surface area contributed by atoms with E-state index in [1.54, 1.807) is 19.1 Å². The SMILES string of the molecule is CCOC(=O)CC(O)CCOc1ccccc1N. The number of carbonyl (C=O) groups is 1. The molecule has 5 heteroatoms. The van der Waals surface area contributed by atoms with Crippen LogP contribution < -0.4 is 10.5 Å². The van der Waals surface area contributed by atoms with Gasteiger partial charge in [0.1, 0.15) is 5.75 Å². The van der Waals surface area contributed by atoms with E-state index in [1.165, 1.54) is 0 Å². The van der Waals surface area contributed by atoms with E-state index < -0.39 is 12.1 Å². The molecular weight excluding hydrogens is 234 g/mol. The van der Waals surface area contributed by atoms with Crippen LogP contribution in [0.25, 0.3) is 0 Å². The van der Waals surface area contributed by atoms with Crippen LogP contribution in [0.1, 0.15) is 19.8 Å². The van der Waals surface area contributed by atoms with Crippen LogP contribution in [0.2, 0.25) is 0 Å². The lowest BCUT2D eigenvalue weighted by Gasteiger charge is -2.12. The van der Waals surface area contributed by atoms with E-state index >= 15 is 0 Å². The largest absolute Gasteiger partial charge is 0.491 e. The van der Waals surface area contributed by atoms with Gasteiger partial charge in [-0.15, -0.1) is 0 Å². The quantitative estimate of drug-likeness (QED) is 0.566. The molecule has 1 aromatic carbocycles. The number of rotatable bonds is 7. The molecule has 18 heavy (non-hydrogen) atoms. The fourth-order valence-corrected chi connectivity index (χ4v) is 1.43. The highest BCUT2D eigenvalue weighted by Crippen LogP contribution is 2.19. The van der Waals surface area contributed by atoms with Crippen LogP contribution in [0.3, 0.4) is 0 Å². The van der Waals surface area contributed by atoms with E-state index in [2.05, 4.69) is 0 Å². The minimum absolute atomic E-state index is 0.0124. The van der Waals surface area contributed by atoms with E-state index in [0.717, 1.165) is 0 Å². The van der Waals surface area contributed by atoms with Crippen molar-refractivity contribution in [1.82, 2.24) is 0 Å². The maximum absolute atomic E-state index is 11.1. The van der Waals surface area contributed by atoms with Crippen molar-refractivity contribution in [2.24, 2.45) is 0 Å². The van der Waals surface area contributed by atoms with Gasteiger partial charge in [0.05, 0.1) is 31.4 Å². The zero-order chi connectivity index (χ0) is 13.4. The number of esters is 1. The highest BCUT2D eigenvalue weighted by molar-refractivity contribution is 5.69. The van der Waals surface area contributed by atoms with Crippen molar-refractivity contribution in [2.45, 2.75) is 25.9 Å². The van der Waals surface area contributed by atoms with Gasteiger partial charge in [-0.3, -0.25) is 4.79 Å². The Hall–Kier alpha value is -1.75. The molecule has 0 spiro atoms. The molecule has 0 heterocycles. The Kier molecular flexibility index (Phi) is 6.00. The lowest BCUT2D eigenvalue weighted by Crippen LogP contribution is -2.18. The Morgan fingerprint density at radius 2 is 2.17 bits per heavy atom. The molecule has 1 atom stereocenters. The fraction of sp³-hybridized carbons (Fsp3) is 0.462. The lowest BCUT2D eigenvalue weighted by molar-refractivity contribution is -0.145. The van der Waals surface area contributed by atoms with Gasteiger partial charge in [-0.1, -0.05) is 12.1 Å². The van der Waals surface area contributed by atoms with Crippen LogP contribution in [0.4, 0.5) is 5.69 Å². The molecule has 1 unspecified atom stereocenters. The second kappa shape index (κ2) is 7.55. The lowest BCUT2D eigenvalue weighted by atomic mass is 10.2. The van der Waals surface area contributed by atoms with Crippen molar-refractivity contribution < 1.29 is 19.4 Å². The number of carbonyl (C=O) groups excluding carboxylic acids is 1. The van der Waals surface area contributed by atoms with Gasteiger partial charge in [0.15, 0.2) is 0 Å². The third-order valence-electron chi connectivity index (χ3n) is 2.34. The molecule has 1 rings (SSSR count). The normalized spacial score (nSPS) is 11.9. The molecule has 0 aliphatic carbocycles. The molecule has 1 aromatic rings. The molecule has 0 saturated carbocycles. The maximum atomic E-state index is 11.1. The monoisotopic (exact) mass is 253 g/mol.